The molecule has 1 saturated heterocycles. The highest BCUT2D eigenvalue weighted by Gasteiger charge is 2.21. The number of nitriles is 1. The molecule has 1 fully saturated rings. The smallest absolute Gasteiger partial charge is 0.142 e. The van der Waals surface area contributed by atoms with Crippen molar-refractivity contribution < 1.29 is 14.6 Å². The highest BCUT2D eigenvalue weighted by molar-refractivity contribution is 5.58. The maximum atomic E-state index is 10.3. The third kappa shape index (κ3) is 5.13. The molecule has 0 bridgehead atoms. The molecule has 6 heteroatoms. The molecule has 1 atom stereocenters. The normalized spacial score (nSPS) is 15.8. The molecule has 2 aromatic rings. The molecule has 1 aliphatic heterocycles. The highest BCUT2D eigenvalue weighted by atomic mass is 16.5. The summed E-state index contributed by atoms with van der Waals surface area (Å²) in [5.74, 6) is 1.55. The van der Waals surface area contributed by atoms with Crippen molar-refractivity contribution in [3.05, 3.63) is 54.1 Å². The number of aliphatic hydroxyl groups is 1. The molecule has 0 unspecified atom stereocenters. The first-order valence-electron chi connectivity index (χ1n) is 9.11. The molecule has 3 rings (SSSR count). The van der Waals surface area contributed by atoms with E-state index in [1.165, 1.54) is 0 Å². The molecule has 0 aliphatic carbocycles. The Bertz CT molecular complexity index is 765. The predicted molar refractivity (Wildman–Crippen MR) is 104 cm³/mol. The van der Waals surface area contributed by atoms with Gasteiger partial charge in [-0.3, -0.25) is 4.90 Å². The molecule has 0 saturated carbocycles. The van der Waals surface area contributed by atoms with Gasteiger partial charge in [0, 0.05) is 32.7 Å². The molecule has 1 aliphatic rings. The first-order chi connectivity index (χ1) is 13.2. The molecule has 0 aromatic heterocycles. The van der Waals surface area contributed by atoms with E-state index in [4.69, 9.17) is 14.7 Å². The van der Waals surface area contributed by atoms with Crippen LogP contribution < -0.4 is 14.4 Å². The summed E-state index contributed by atoms with van der Waals surface area (Å²) in [6, 6.07) is 17.0. The number of β-amino-alcohol motifs (C(OH)–C–C–N with tert-alkyl or cyclic N) is 1. The van der Waals surface area contributed by atoms with E-state index in [0.29, 0.717) is 17.9 Å². The molecule has 1 heterocycles. The standard InChI is InChI=1S/C21H25N3O3/c1-26-21-5-3-2-4-20(21)24-12-10-23(11-13-24)15-18(25)16-27-19-8-6-17(14-22)7-9-19/h2-9,18,25H,10-13,15-16H2,1H3/t18-/m1/s1. The first kappa shape index (κ1) is 19.0. The van der Waals surface area contributed by atoms with Crippen molar-refractivity contribution >= 4 is 5.69 Å². The van der Waals surface area contributed by atoms with Gasteiger partial charge in [-0.05, 0) is 36.4 Å². The van der Waals surface area contributed by atoms with E-state index < -0.39 is 6.10 Å². The van der Waals surface area contributed by atoms with Crippen molar-refractivity contribution in [1.29, 1.82) is 5.26 Å². The minimum absolute atomic E-state index is 0.235. The van der Waals surface area contributed by atoms with Crippen LogP contribution in [0.15, 0.2) is 48.5 Å². The predicted octanol–water partition coefficient (Wildman–Crippen LogP) is 2.13. The van der Waals surface area contributed by atoms with Gasteiger partial charge in [0.05, 0.1) is 24.4 Å². The lowest BCUT2D eigenvalue weighted by Gasteiger charge is -2.37. The van der Waals surface area contributed by atoms with E-state index in [-0.39, 0.29) is 6.61 Å². The second-order valence-electron chi connectivity index (χ2n) is 6.56. The zero-order valence-corrected chi connectivity index (χ0v) is 15.5. The number of methoxy groups -OCH3 is 1. The minimum Gasteiger partial charge on any atom is -0.495 e. The Morgan fingerprint density at radius 3 is 2.44 bits per heavy atom. The fourth-order valence-electron chi connectivity index (χ4n) is 3.23. The number of hydrogen-bond acceptors (Lipinski definition) is 6. The van der Waals surface area contributed by atoms with E-state index in [1.54, 1.807) is 31.4 Å². The van der Waals surface area contributed by atoms with Gasteiger partial charge in [-0.25, -0.2) is 0 Å². The van der Waals surface area contributed by atoms with Gasteiger partial charge in [0.1, 0.15) is 24.2 Å². The Balaban J connectivity index is 1.43. The van der Waals surface area contributed by atoms with Crippen LogP contribution in [0.25, 0.3) is 0 Å². The van der Waals surface area contributed by atoms with E-state index >= 15 is 0 Å². The van der Waals surface area contributed by atoms with Crippen molar-refractivity contribution in [2.24, 2.45) is 0 Å². The van der Waals surface area contributed by atoms with E-state index in [0.717, 1.165) is 37.6 Å². The minimum atomic E-state index is -0.557. The molecule has 0 radical (unpaired) electrons. The fraction of sp³-hybridized carbons (Fsp3) is 0.381. The molecule has 0 spiro atoms. The second kappa shape index (κ2) is 9.26. The number of hydrogen-bond donors (Lipinski definition) is 1. The van der Waals surface area contributed by atoms with Crippen LogP contribution in [0.2, 0.25) is 0 Å². The van der Waals surface area contributed by atoms with Gasteiger partial charge in [-0.1, -0.05) is 12.1 Å². The topological polar surface area (TPSA) is 69.0 Å². The Morgan fingerprint density at radius 1 is 1.07 bits per heavy atom. The molecular formula is C21H25N3O3. The van der Waals surface area contributed by atoms with Crippen LogP contribution in [0.3, 0.4) is 0 Å². The SMILES string of the molecule is COc1ccccc1N1CCN(C[C@@H](O)COc2ccc(C#N)cc2)CC1. The molecular weight excluding hydrogens is 342 g/mol. The lowest BCUT2D eigenvalue weighted by atomic mass is 10.2. The molecule has 6 nitrogen and oxygen atoms in total. The van der Waals surface area contributed by atoms with Gasteiger partial charge in [0.2, 0.25) is 0 Å². The quantitative estimate of drug-likeness (QED) is 0.809. The lowest BCUT2D eigenvalue weighted by Crippen LogP contribution is -2.49. The van der Waals surface area contributed by atoms with Crippen LogP contribution in [0.4, 0.5) is 5.69 Å². The monoisotopic (exact) mass is 367 g/mol. The molecule has 1 N–H and O–H groups in total. The molecule has 0 amide bonds. The summed E-state index contributed by atoms with van der Waals surface area (Å²) in [6.45, 7) is 4.36. The summed E-state index contributed by atoms with van der Waals surface area (Å²) in [5, 5.41) is 19.1. The highest BCUT2D eigenvalue weighted by Crippen LogP contribution is 2.28. The number of benzene rings is 2. The van der Waals surface area contributed by atoms with Crippen LogP contribution in [-0.4, -0.2) is 62.6 Å². The van der Waals surface area contributed by atoms with Crippen LogP contribution in [-0.2, 0) is 0 Å². The van der Waals surface area contributed by atoms with Crippen molar-refractivity contribution in [1.82, 2.24) is 4.90 Å². The van der Waals surface area contributed by atoms with Crippen molar-refractivity contribution in [3.8, 4) is 17.6 Å². The van der Waals surface area contributed by atoms with Crippen molar-refractivity contribution in [2.75, 3.05) is 51.3 Å². The van der Waals surface area contributed by atoms with Gasteiger partial charge < -0.3 is 19.5 Å². The first-order valence-corrected chi connectivity index (χ1v) is 9.11. The fourth-order valence-corrected chi connectivity index (χ4v) is 3.23. The van der Waals surface area contributed by atoms with Crippen LogP contribution in [0.1, 0.15) is 5.56 Å². The van der Waals surface area contributed by atoms with Gasteiger partial charge in [0.25, 0.3) is 0 Å². The number of piperazine rings is 1. The summed E-state index contributed by atoms with van der Waals surface area (Å²) < 4.78 is 11.1. The average Bonchev–Trinajstić information content (AvgIpc) is 2.73. The van der Waals surface area contributed by atoms with E-state index in [2.05, 4.69) is 21.9 Å². The number of aliphatic hydroxyl groups excluding tert-OH is 1. The number of para-hydroxylation sites is 2. The summed E-state index contributed by atoms with van der Waals surface area (Å²) in [4.78, 5) is 4.56. The van der Waals surface area contributed by atoms with E-state index in [1.807, 2.05) is 18.2 Å². The number of anilines is 1. The van der Waals surface area contributed by atoms with Gasteiger partial charge >= 0.3 is 0 Å². The lowest BCUT2D eigenvalue weighted by molar-refractivity contribution is 0.0663. The third-order valence-electron chi connectivity index (χ3n) is 4.69. The largest absolute Gasteiger partial charge is 0.495 e. The Hall–Kier alpha value is -2.75. The van der Waals surface area contributed by atoms with Crippen molar-refractivity contribution in [2.45, 2.75) is 6.10 Å². The number of ether oxygens (including phenoxy) is 2. The van der Waals surface area contributed by atoms with Crippen LogP contribution in [0, 0.1) is 11.3 Å². The van der Waals surface area contributed by atoms with Gasteiger partial charge in [-0.15, -0.1) is 0 Å². The Kier molecular flexibility index (Phi) is 6.53. The summed E-state index contributed by atoms with van der Waals surface area (Å²) >= 11 is 0. The van der Waals surface area contributed by atoms with Gasteiger partial charge in [0.15, 0.2) is 0 Å². The molecule has 2 aromatic carbocycles. The maximum Gasteiger partial charge on any atom is 0.142 e. The van der Waals surface area contributed by atoms with E-state index in [9.17, 15) is 5.11 Å². The Morgan fingerprint density at radius 2 is 1.78 bits per heavy atom. The van der Waals surface area contributed by atoms with Crippen LogP contribution >= 0.6 is 0 Å². The number of rotatable bonds is 7. The summed E-state index contributed by atoms with van der Waals surface area (Å²) in [6.07, 6.45) is -0.557. The maximum absolute atomic E-state index is 10.3. The summed E-state index contributed by atoms with van der Waals surface area (Å²) in [7, 11) is 1.69. The third-order valence-corrected chi connectivity index (χ3v) is 4.69. The second-order valence-corrected chi connectivity index (χ2v) is 6.56. The average molecular weight is 367 g/mol. The zero-order chi connectivity index (χ0) is 19.1. The Labute approximate surface area is 160 Å². The summed E-state index contributed by atoms with van der Waals surface area (Å²) in [5.41, 5.74) is 1.71. The number of nitrogens with zero attached hydrogens (tertiary/aromatic N) is 3. The zero-order valence-electron chi connectivity index (χ0n) is 15.5. The van der Waals surface area contributed by atoms with Crippen molar-refractivity contribution in [3.63, 3.8) is 0 Å². The van der Waals surface area contributed by atoms with Gasteiger partial charge in [-0.2, -0.15) is 5.26 Å². The molecule has 142 valence electrons. The molecule has 27 heavy (non-hydrogen) atoms. The van der Waals surface area contributed by atoms with Crippen LogP contribution in [0.5, 0.6) is 11.5 Å².